The molecule has 2 N–H and O–H groups in total. The monoisotopic (exact) mass is 482 g/mol. The Morgan fingerprint density at radius 2 is 1.37 bits per heavy atom. The summed E-state index contributed by atoms with van der Waals surface area (Å²) in [6.45, 7) is 0.993. The third-order valence-corrected chi connectivity index (χ3v) is 5.37. The Labute approximate surface area is 210 Å². The van der Waals surface area contributed by atoms with E-state index in [1.165, 1.54) is 5.56 Å². The van der Waals surface area contributed by atoms with Gasteiger partial charge in [-0.1, -0.05) is 72.8 Å². The lowest BCUT2D eigenvalue weighted by molar-refractivity contribution is 0.0977. The Kier molecular flexibility index (Phi) is 8.46. The number of hydrogen-bond donors (Lipinski definition) is 2. The van der Waals surface area contributed by atoms with E-state index < -0.39 is 0 Å². The number of thiocarbonyl (C=S) groups is 1. The van der Waals surface area contributed by atoms with E-state index in [2.05, 4.69) is 22.8 Å². The first-order valence-corrected chi connectivity index (χ1v) is 11.7. The molecule has 0 saturated carbocycles. The smallest absolute Gasteiger partial charge is 0.257 e. The minimum absolute atomic E-state index is 0.200. The highest BCUT2D eigenvalue weighted by Crippen LogP contribution is 2.19. The molecule has 0 saturated heterocycles. The molecule has 0 aliphatic rings. The van der Waals surface area contributed by atoms with Gasteiger partial charge in [0.25, 0.3) is 5.91 Å². The molecule has 0 aliphatic carbocycles. The van der Waals surface area contributed by atoms with Gasteiger partial charge in [-0.05, 0) is 53.7 Å². The third kappa shape index (κ3) is 7.69. The number of anilines is 1. The number of ether oxygens (including phenoxy) is 2. The topological polar surface area (TPSA) is 59.6 Å². The molecule has 1 amide bonds. The van der Waals surface area contributed by atoms with Gasteiger partial charge in [-0.3, -0.25) is 10.1 Å². The van der Waals surface area contributed by atoms with Gasteiger partial charge in [0.2, 0.25) is 0 Å². The highest BCUT2D eigenvalue weighted by molar-refractivity contribution is 7.80. The summed E-state index contributed by atoms with van der Waals surface area (Å²) < 4.78 is 11.7. The molecule has 4 rings (SSSR count). The van der Waals surface area contributed by atoms with Gasteiger partial charge in [0.1, 0.15) is 18.1 Å². The zero-order chi connectivity index (χ0) is 24.3. The Morgan fingerprint density at radius 1 is 0.714 bits per heavy atom. The van der Waals surface area contributed by atoms with Gasteiger partial charge in [-0.2, -0.15) is 0 Å². The fourth-order valence-electron chi connectivity index (χ4n) is 3.40. The average molecular weight is 483 g/mol. The van der Waals surface area contributed by atoms with Crippen molar-refractivity contribution in [2.24, 2.45) is 0 Å². The van der Waals surface area contributed by atoms with Crippen LogP contribution in [0.2, 0.25) is 0 Å². The van der Waals surface area contributed by atoms with Gasteiger partial charge in [0, 0.05) is 23.7 Å². The molecule has 4 aromatic rings. The first kappa shape index (κ1) is 24.0. The minimum Gasteiger partial charge on any atom is -0.493 e. The van der Waals surface area contributed by atoms with Crippen molar-refractivity contribution in [3.63, 3.8) is 0 Å². The van der Waals surface area contributed by atoms with E-state index in [1.807, 2.05) is 78.9 Å². The second-order valence-corrected chi connectivity index (χ2v) is 8.23. The molecular weight excluding hydrogens is 456 g/mol. The Balaban J connectivity index is 1.27. The first-order chi connectivity index (χ1) is 17.2. The molecule has 0 unspecified atom stereocenters. The zero-order valence-corrected chi connectivity index (χ0v) is 20.0. The number of carbonyl (C=O) groups is 1. The fourth-order valence-corrected chi connectivity index (χ4v) is 3.61. The van der Waals surface area contributed by atoms with E-state index in [-0.39, 0.29) is 11.0 Å². The highest BCUT2D eigenvalue weighted by Gasteiger charge is 2.10. The standard InChI is InChI=1S/C29H26N2O3S/c32-28(24-13-7-15-26(19-24)33-18-17-22-9-3-1-4-10-22)31-29(35)30-25-14-8-16-27(20-25)34-21-23-11-5-2-6-12-23/h1-16,19-20H,17-18,21H2,(H2,30,31,32,35). The van der Waals surface area contributed by atoms with Crippen molar-refractivity contribution in [1.29, 1.82) is 0 Å². The largest absolute Gasteiger partial charge is 0.493 e. The third-order valence-electron chi connectivity index (χ3n) is 5.17. The first-order valence-electron chi connectivity index (χ1n) is 11.3. The second kappa shape index (κ2) is 12.3. The van der Waals surface area contributed by atoms with Crippen molar-refractivity contribution in [3.05, 3.63) is 126 Å². The van der Waals surface area contributed by atoms with Crippen LogP contribution >= 0.6 is 12.2 Å². The van der Waals surface area contributed by atoms with Crippen molar-refractivity contribution in [3.8, 4) is 11.5 Å². The lowest BCUT2D eigenvalue weighted by Gasteiger charge is -2.12. The minimum atomic E-state index is -0.313. The molecule has 0 atom stereocenters. The number of hydrogen-bond acceptors (Lipinski definition) is 4. The molecule has 0 aliphatic heterocycles. The molecule has 0 aromatic heterocycles. The van der Waals surface area contributed by atoms with Crippen LogP contribution in [0.15, 0.2) is 109 Å². The lowest BCUT2D eigenvalue weighted by atomic mass is 10.2. The maximum Gasteiger partial charge on any atom is 0.257 e. The van der Waals surface area contributed by atoms with Gasteiger partial charge < -0.3 is 14.8 Å². The van der Waals surface area contributed by atoms with Gasteiger partial charge in [-0.25, -0.2) is 0 Å². The second-order valence-electron chi connectivity index (χ2n) is 7.82. The van der Waals surface area contributed by atoms with Crippen LogP contribution in [0.5, 0.6) is 11.5 Å². The maximum atomic E-state index is 12.7. The van der Waals surface area contributed by atoms with Crippen molar-refractivity contribution in [2.75, 3.05) is 11.9 Å². The molecule has 0 heterocycles. The highest BCUT2D eigenvalue weighted by atomic mass is 32.1. The quantitative estimate of drug-likeness (QED) is 0.286. The molecule has 0 fully saturated rings. The van der Waals surface area contributed by atoms with Crippen molar-refractivity contribution >= 4 is 28.9 Å². The summed E-state index contributed by atoms with van der Waals surface area (Å²) in [6, 6.07) is 34.5. The summed E-state index contributed by atoms with van der Waals surface area (Å²) in [4.78, 5) is 12.7. The molecule has 176 valence electrons. The van der Waals surface area contributed by atoms with Crippen LogP contribution in [0, 0.1) is 0 Å². The summed E-state index contributed by atoms with van der Waals surface area (Å²) >= 11 is 5.34. The van der Waals surface area contributed by atoms with E-state index in [0.29, 0.717) is 30.3 Å². The summed E-state index contributed by atoms with van der Waals surface area (Å²) in [7, 11) is 0. The predicted octanol–water partition coefficient (Wildman–Crippen LogP) is 6.01. The SMILES string of the molecule is O=C(NC(=S)Nc1cccc(OCc2ccccc2)c1)c1cccc(OCCc2ccccc2)c1. The van der Waals surface area contributed by atoms with Crippen molar-refractivity contribution < 1.29 is 14.3 Å². The summed E-state index contributed by atoms with van der Waals surface area (Å²) in [5.41, 5.74) is 3.47. The Bertz CT molecular complexity index is 1260. The molecule has 6 heteroatoms. The van der Waals surface area contributed by atoms with Gasteiger partial charge in [0.15, 0.2) is 5.11 Å². The van der Waals surface area contributed by atoms with Crippen LogP contribution < -0.4 is 20.1 Å². The van der Waals surface area contributed by atoms with Gasteiger partial charge >= 0.3 is 0 Å². The predicted molar refractivity (Wildman–Crippen MR) is 143 cm³/mol. The molecule has 0 radical (unpaired) electrons. The molecule has 0 bridgehead atoms. The zero-order valence-electron chi connectivity index (χ0n) is 19.1. The van der Waals surface area contributed by atoms with E-state index in [0.717, 1.165) is 17.7 Å². The number of carbonyl (C=O) groups excluding carboxylic acids is 1. The molecular formula is C29H26N2O3S. The van der Waals surface area contributed by atoms with Gasteiger partial charge in [-0.15, -0.1) is 0 Å². The van der Waals surface area contributed by atoms with Crippen molar-refractivity contribution in [2.45, 2.75) is 13.0 Å². The van der Waals surface area contributed by atoms with Gasteiger partial charge in [0.05, 0.1) is 6.61 Å². The summed E-state index contributed by atoms with van der Waals surface area (Å²) in [6.07, 6.45) is 0.791. The van der Waals surface area contributed by atoms with Crippen LogP contribution in [-0.2, 0) is 13.0 Å². The van der Waals surface area contributed by atoms with Crippen LogP contribution in [0.1, 0.15) is 21.5 Å². The number of rotatable bonds is 9. The molecule has 0 spiro atoms. The van der Waals surface area contributed by atoms with E-state index in [4.69, 9.17) is 21.7 Å². The lowest BCUT2D eigenvalue weighted by Crippen LogP contribution is -2.34. The van der Waals surface area contributed by atoms with E-state index in [1.54, 1.807) is 18.2 Å². The van der Waals surface area contributed by atoms with Crippen LogP contribution in [-0.4, -0.2) is 17.6 Å². The average Bonchev–Trinajstić information content (AvgIpc) is 2.89. The maximum absolute atomic E-state index is 12.7. The normalized spacial score (nSPS) is 10.3. The summed E-state index contributed by atoms with van der Waals surface area (Å²) in [5, 5.41) is 5.95. The van der Waals surface area contributed by atoms with Crippen LogP contribution in [0.25, 0.3) is 0 Å². The number of nitrogens with one attached hydrogen (secondary N) is 2. The van der Waals surface area contributed by atoms with Crippen molar-refractivity contribution in [1.82, 2.24) is 5.32 Å². The van der Waals surface area contributed by atoms with Crippen LogP contribution in [0.4, 0.5) is 5.69 Å². The fraction of sp³-hybridized carbons (Fsp3) is 0.103. The van der Waals surface area contributed by atoms with Crippen LogP contribution in [0.3, 0.4) is 0 Å². The Hall–Kier alpha value is -4.16. The number of benzene rings is 4. The summed E-state index contributed by atoms with van der Waals surface area (Å²) in [5.74, 6) is 1.02. The Morgan fingerprint density at radius 3 is 2.11 bits per heavy atom. The van der Waals surface area contributed by atoms with E-state index >= 15 is 0 Å². The molecule has 4 aromatic carbocycles. The molecule has 5 nitrogen and oxygen atoms in total. The van der Waals surface area contributed by atoms with E-state index in [9.17, 15) is 4.79 Å². The number of amides is 1. The molecule has 35 heavy (non-hydrogen) atoms.